The minimum Gasteiger partial charge on any atom is -0.497 e. The third-order valence-electron chi connectivity index (χ3n) is 4.25. The molecule has 1 amide bonds. The van der Waals surface area contributed by atoms with Crippen LogP contribution in [0.25, 0.3) is 0 Å². The predicted molar refractivity (Wildman–Crippen MR) is 91.8 cm³/mol. The van der Waals surface area contributed by atoms with Crippen LogP contribution in [0.5, 0.6) is 5.75 Å². The molecule has 1 N–H and O–H groups in total. The SMILES string of the molecule is COc1ccc(CNC(=O)[C@@H]2CCCN(c3ncccn3)C2)cc1. The van der Waals surface area contributed by atoms with Gasteiger partial charge in [-0.1, -0.05) is 12.1 Å². The second-order valence-electron chi connectivity index (χ2n) is 5.90. The Hall–Kier alpha value is -2.63. The third-order valence-corrected chi connectivity index (χ3v) is 4.25. The number of benzene rings is 1. The highest BCUT2D eigenvalue weighted by atomic mass is 16.5. The average Bonchev–Trinajstić information content (AvgIpc) is 2.67. The third kappa shape index (κ3) is 4.01. The van der Waals surface area contributed by atoms with Gasteiger partial charge in [-0.05, 0) is 36.6 Å². The maximum Gasteiger partial charge on any atom is 0.225 e. The molecule has 1 aliphatic heterocycles. The zero-order valence-corrected chi connectivity index (χ0v) is 13.8. The van der Waals surface area contributed by atoms with Crippen LogP contribution in [0.4, 0.5) is 5.95 Å². The van der Waals surface area contributed by atoms with Crippen LogP contribution in [0.1, 0.15) is 18.4 Å². The van der Waals surface area contributed by atoms with Crippen LogP contribution in [0.15, 0.2) is 42.7 Å². The molecule has 0 unspecified atom stereocenters. The number of ether oxygens (including phenoxy) is 1. The molecule has 3 rings (SSSR count). The molecule has 0 saturated carbocycles. The summed E-state index contributed by atoms with van der Waals surface area (Å²) in [5.74, 6) is 1.58. The molecule has 6 heteroatoms. The number of carbonyl (C=O) groups is 1. The van der Waals surface area contributed by atoms with Crippen molar-refractivity contribution in [3.63, 3.8) is 0 Å². The molecule has 2 aromatic rings. The van der Waals surface area contributed by atoms with E-state index in [1.54, 1.807) is 25.6 Å². The summed E-state index contributed by atoms with van der Waals surface area (Å²) in [5, 5.41) is 3.03. The van der Waals surface area contributed by atoms with E-state index in [9.17, 15) is 4.79 Å². The van der Waals surface area contributed by atoms with Crippen LogP contribution < -0.4 is 15.0 Å². The van der Waals surface area contributed by atoms with Gasteiger partial charge in [-0.25, -0.2) is 9.97 Å². The molecular weight excluding hydrogens is 304 g/mol. The van der Waals surface area contributed by atoms with Gasteiger partial charge in [0, 0.05) is 32.0 Å². The zero-order valence-electron chi connectivity index (χ0n) is 13.8. The molecule has 6 nitrogen and oxygen atoms in total. The Balaban J connectivity index is 1.54. The topological polar surface area (TPSA) is 67.3 Å². The number of carbonyl (C=O) groups excluding carboxylic acids is 1. The molecule has 0 spiro atoms. The number of anilines is 1. The monoisotopic (exact) mass is 326 g/mol. The van der Waals surface area contributed by atoms with Crippen LogP contribution >= 0.6 is 0 Å². The summed E-state index contributed by atoms with van der Waals surface area (Å²) in [6.07, 6.45) is 5.34. The van der Waals surface area contributed by atoms with Gasteiger partial charge >= 0.3 is 0 Å². The number of hydrogen-bond acceptors (Lipinski definition) is 5. The number of nitrogens with zero attached hydrogens (tertiary/aromatic N) is 3. The molecular formula is C18H22N4O2. The van der Waals surface area contributed by atoms with Crippen molar-refractivity contribution in [2.24, 2.45) is 5.92 Å². The van der Waals surface area contributed by atoms with Crippen molar-refractivity contribution in [3.8, 4) is 5.75 Å². The zero-order chi connectivity index (χ0) is 16.8. The molecule has 1 aliphatic rings. The van der Waals surface area contributed by atoms with Gasteiger partial charge in [-0.15, -0.1) is 0 Å². The van der Waals surface area contributed by atoms with Gasteiger partial charge < -0.3 is 15.0 Å². The standard InChI is InChI=1S/C18H22N4O2/c1-24-16-7-5-14(6-8-16)12-21-17(23)15-4-2-11-22(13-15)18-19-9-3-10-20-18/h3,5-10,15H,2,4,11-13H2,1H3,(H,21,23)/t15-/m1/s1. The molecule has 1 fully saturated rings. The van der Waals surface area contributed by atoms with E-state index in [0.717, 1.165) is 30.7 Å². The highest BCUT2D eigenvalue weighted by Gasteiger charge is 2.26. The lowest BCUT2D eigenvalue weighted by Crippen LogP contribution is -2.43. The summed E-state index contributed by atoms with van der Waals surface area (Å²) in [7, 11) is 1.64. The summed E-state index contributed by atoms with van der Waals surface area (Å²) in [5.41, 5.74) is 1.06. The quantitative estimate of drug-likeness (QED) is 0.910. The van der Waals surface area contributed by atoms with E-state index in [4.69, 9.17) is 4.74 Å². The second kappa shape index (κ2) is 7.77. The summed E-state index contributed by atoms with van der Waals surface area (Å²) in [6, 6.07) is 9.52. The fourth-order valence-corrected chi connectivity index (χ4v) is 2.90. The minimum absolute atomic E-state index is 0.0270. The summed E-state index contributed by atoms with van der Waals surface area (Å²) < 4.78 is 5.14. The fourth-order valence-electron chi connectivity index (χ4n) is 2.90. The molecule has 1 aromatic carbocycles. The van der Waals surface area contributed by atoms with Crippen molar-refractivity contribution in [1.29, 1.82) is 0 Å². The van der Waals surface area contributed by atoms with Crippen molar-refractivity contribution < 1.29 is 9.53 Å². The van der Waals surface area contributed by atoms with Crippen LogP contribution in [0, 0.1) is 5.92 Å². The number of methoxy groups -OCH3 is 1. The fraction of sp³-hybridized carbons (Fsp3) is 0.389. The Morgan fingerprint density at radius 1 is 1.29 bits per heavy atom. The Morgan fingerprint density at radius 3 is 2.75 bits per heavy atom. The summed E-state index contributed by atoms with van der Waals surface area (Å²) >= 11 is 0. The molecule has 0 aliphatic carbocycles. The number of piperidine rings is 1. The number of aromatic nitrogens is 2. The first-order chi connectivity index (χ1) is 11.8. The normalized spacial score (nSPS) is 17.4. The summed E-state index contributed by atoms with van der Waals surface area (Å²) in [4.78, 5) is 23.1. The van der Waals surface area contributed by atoms with E-state index in [1.807, 2.05) is 24.3 Å². The molecule has 1 aromatic heterocycles. The van der Waals surface area contributed by atoms with E-state index in [1.165, 1.54) is 0 Å². The van der Waals surface area contributed by atoms with Gasteiger partial charge in [0.2, 0.25) is 11.9 Å². The highest BCUT2D eigenvalue weighted by Crippen LogP contribution is 2.20. The van der Waals surface area contributed by atoms with E-state index in [-0.39, 0.29) is 11.8 Å². The van der Waals surface area contributed by atoms with E-state index in [2.05, 4.69) is 20.2 Å². The largest absolute Gasteiger partial charge is 0.497 e. The Morgan fingerprint density at radius 2 is 2.04 bits per heavy atom. The molecule has 2 heterocycles. The first kappa shape index (κ1) is 16.2. The lowest BCUT2D eigenvalue weighted by molar-refractivity contribution is -0.125. The smallest absolute Gasteiger partial charge is 0.225 e. The molecule has 1 saturated heterocycles. The van der Waals surface area contributed by atoms with Gasteiger partial charge in [0.1, 0.15) is 5.75 Å². The lowest BCUT2D eigenvalue weighted by atomic mass is 9.97. The maximum absolute atomic E-state index is 12.5. The van der Waals surface area contributed by atoms with E-state index >= 15 is 0 Å². The van der Waals surface area contributed by atoms with Gasteiger partial charge in [-0.2, -0.15) is 0 Å². The molecule has 126 valence electrons. The van der Waals surface area contributed by atoms with Crippen molar-refractivity contribution in [3.05, 3.63) is 48.3 Å². The van der Waals surface area contributed by atoms with Gasteiger partial charge in [0.15, 0.2) is 0 Å². The van der Waals surface area contributed by atoms with Crippen molar-refractivity contribution in [2.75, 3.05) is 25.1 Å². The first-order valence-corrected chi connectivity index (χ1v) is 8.19. The van der Waals surface area contributed by atoms with Crippen molar-refractivity contribution >= 4 is 11.9 Å². The van der Waals surface area contributed by atoms with Crippen LogP contribution in [-0.4, -0.2) is 36.1 Å². The first-order valence-electron chi connectivity index (χ1n) is 8.19. The van der Waals surface area contributed by atoms with Crippen molar-refractivity contribution in [2.45, 2.75) is 19.4 Å². The maximum atomic E-state index is 12.5. The minimum atomic E-state index is -0.0270. The lowest BCUT2D eigenvalue weighted by Gasteiger charge is -2.31. The Kier molecular flexibility index (Phi) is 5.25. The molecule has 0 radical (unpaired) electrons. The Labute approximate surface area is 141 Å². The van der Waals surface area contributed by atoms with Crippen LogP contribution in [-0.2, 0) is 11.3 Å². The Bertz CT molecular complexity index is 660. The predicted octanol–water partition coefficient (Wildman–Crippen LogP) is 2.02. The number of nitrogens with one attached hydrogen (secondary N) is 1. The number of hydrogen-bond donors (Lipinski definition) is 1. The molecule has 1 atom stereocenters. The van der Waals surface area contributed by atoms with E-state index in [0.29, 0.717) is 19.0 Å². The average molecular weight is 326 g/mol. The summed E-state index contributed by atoms with van der Waals surface area (Å²) in [6.45, 7) is 2.09. The van der Waals surface area contributed by atoms with Gasteiger partial charge in [0.25, 0.3) is 0 Å². The van der Waals surface area contributed by atoms with Gasteiger partial charge in [0.05, 0.1) is 13.0 Å². The molecule has 0 bridgehead atoms. The second-order valence-corrected chi connectivity index (χ2v) is 5.90. The number of rotatable bonds is 5. The highest BCUT2D eigenvalue weighted by molar-refractivity contribution is 5.79. The van der Waals surface area contributed by atoms with Crippen molar-refractivity contribution in [1.82, 2.24) is 15.3 Å². The van der Waals surface area contributed by atoms with Crippen LogP contribution in [0.2, 0.25) is 0 Å². The van der Waals surface area contributed by atoms with E-state index < -0.39 is 0 Å². The molecule has 24 heavy (non-hydrogen) atoms. The van der Waals surface area contributed by atoms with Gasteiger partial charge in [-0.3, -0.25) is 4.79 Å². The number of amides is 1. The van der Waals surface area contributed by atoms with Crippen LogP contribution in [0.3, 0.4) is 0 Å².